The first-order chi connectivity index (χ1) is 19.8. The molecule has 2 fully saturated rings. The Labute approximate surface area is 242 Å². The van der Waals surface area contributed by atoms with Gasteiger partial charge in [-0.1, -0.05) is 0 Å². The van der Waals surface area contributed by atoms with Crippen LogP contribution in [0.3, 0.4) is 0 Å². The molecule has 0 bridgehead atoms. The van der Waals surface area contributed by atoms with Crippen LogP contribution in [-0.4, -0.2) is 65.1 Å². The summed E-state index contributed by atoms with van der Waals surface area (Å²) in [7, 11) is -8.58. The summed E-state index contributed by atoms with van der Waals surface area (Å²) in [6.45, 7) is -1.13. The van der Waals surface area contributed by atoms with Crippen LogP contribution in [0.4, 0.5) is 48.3 Å². The molecule has 2 aromatic carbocycles. The Bertz CT molecular complexity index is 1410. The van der Waals surface area contributed by atoms with Crippen LogP contribution in [0, 0.1) is 5.82 Å². The van der Waals surface area contributed by atoms with E-state index in [9.17, 15) is 44.3 Å². The Morgan fingerprint density at radius 3 is 2.12 bits per heavy atom. The zero-order valence-corrected chi connectivity index (χ0v) is 23.8. The average molecular weight is 691 g/mol. The Morgan fingerprint density at radius 2 is 1.53 bits per heavy atom. The molecule has 3 aliphatic rings. The number of hydrogen-bond acceptors (Lipinski definition) is 4. The fraction of sp³-hybridized carbons (Fsp3) is 0.458. The SMILES string of the molecule is O=C1c2ccccc2P2C(CCCl)CNP23(OC(C(F)(F)F)C(C(F)(F)C(F)(F)C(F)(F)F)O3)N1Cc1ccc(F)cc1. The molecule has 3 heterocycles. The Morgan fingerprint density at radius 1 is 0.930 bits per heavy atom. The van der Waals surface area contributed by atoms with E-state index in [1.165, 1.54) is 24.3 Å². The number of rotatable bonds is 6. The van der Waals surface area contributed by atoms with E-state index in [1.54, 1.807) is 0 Å². The van der Waals surface area contributed by atoms with Gasteiger partial charge in [0.05, 0.1) is 0 Å². The zero-order chi connectivity index (χ0) is 31.8. The third kappa shape index (κ3) is 4.74. The molecule has 4 unspecified atom stereocenters. The van der Waals surface area contributed by atoms with E-state index in [0.29, 0.717) is 4.67 Å². The van der Waals surface area contributed by atoms with Gasteiger partial charge < -0.3 is 0 Å². The van der Waals surface area contributed by atoms with Gasteiger partial charge in [-0.25, -0.2) is 0 Å². The van der Waals surface area contributed by atoms with Crippen molar-refractivity contribution in [1.29, 1.82) is 0 Å². The van der Waals surface area contributed by atoms with Gasteiger partial charge in [0.25, 0.3) is 0 Å². The first-order valence-electron chi connectivity index (χ1n) is 12.4. The fourth-order valence-corrected chi connectivity index (χ4v) is 19.5. The van der Waals surface area contributed by atoms with Gasteiger partial charge in [0.1, 0.15) is 0 Å². The molecule has 2 aromatic rings. The summed E-state index contributed by atoms with van der Waals surface area (Å²) in [5, 5.41) is 2.57. The van der Waals surface area contributed by atoms with Crippen LogP contribution in [0.15, 0.2) is 48.5 Å². The predicted octanol–water partition coefficient (Wildman–Crippen LogP) is 7.50. The molecule has 4 atom stereocenters. The number of carbonyl (C=O) groups is 1. The second-order valence-electron chi connectivity index (χ2n) is 10.0. The van der Waals surface area contributed by atoms with Crippen LogP contribution >= 0.6 is 26.3 Å². The van der Waals surface area contributed by atoms with E-state index in [4.69, 9.17) is 20.6 Å². The van der Waals surface area contributed by atoms with Crippen molar-refractivity contribution in [1.82, 2.24) is 9.76 Å². The molecule has 3 aliphatic heterocycles. The number of alkyl halides is 11. The molecule has 1 amide bonds. The number of carbonyl (C=O) groups excluding carboxylic acids is 1. The molecule has 5 nitrogen and oxygen atoms in total. The normalized spacial score (nSPS) is 28.0. The van der Waals surface area contributed by atoms with Gasteiger partial charge in [-0.2, -0.15) is 0 Å². The second kappa shape index (κ2) is 10.3. The van der Waals surface area contributed by atoms with Crippen molar-refractivity contribution >= 4 is 37.5 Å². The summed E-state index contributed by atoms with van der Waals surface area (Å²) in [4.78, 5) is 14.0. The number of nitrogens with zero attached hydrogens (tertiary/aromatic N) is 1. The van der Waals surface area contributed by atoms with Gasteiger partial charge in [-0.3, -0.25) is 0 Å². The van der Waals surface area contributed by atoms with Gasteiger partial charge in [0.2, 0.25) is 0 Å². The molecule has 5 rings (SSSR count). The van der Waals surface area contributed by atoms with Crippen LogP contribution in [0.2, 0.25) is 0 Å². The molecule has 2 saturated heterocycles. The first kappa shape index (κ1) is 32.6. The molecule has 0 aromatic heterocycles. The van der Waals surface area contributed by atoms with Crippen molar-refractivity contribution < 1.29 is 62.1 Å². The quantitative estimate of drug-likeness (QED) is 0.194. The maximum atomic E-state index is 15.3. The number of halogens is 12. The molecule has 0 radical (unpaired) electrons. The Hall–Kier alpha value is -1.83. The third-order valence-corrected chi connectivity index (χ3v) is 19.0. The van der Waals surface area contributed by atoms with Crippen LogP contribution in [0.5, 0.6) is 0 Å². The topological polar surface area (TPSA) is 50.8 Å². The number of benzene rings is 2. The summed E-state index contributed by atoms with van der Waals surface area (Å²) in [6.07, 6.45) is -21.2. The van der Waals surface area contributed by atoms with E-state index in [2.05, 4.69) is 5.09 Å². The summed E-state index contributed by atoms with van der Waals surface area (Å²) in [5.41, 5.74) is -0.905. The van der Waals surface area contributed by atoms with E-state index in [-0.39, 0.29) is 35.3 Å². The number of amides is 1. The zero-order valence-electron chi connectivity index (χ0n) is 21.3. The van der Waals surface area contributed by atoms with Crippen molar-refractivity contribution in [3.8, 4) is 0 Å². The van der Waals surface area contributed by atoms with E-state index in [1.807, 2.05) is 0 Å². The van der Waals surface area contributed by atoms with Crippen molar-refractivity contribution in [3.05, 3.63) is 65.5 Å². The van der Waals surface area contributed by atoms with Crippen molar-refractivity contribution in [2.75, 3.05) is 12.4 Å². The summed E-state index contributed by atoms with van der Waals surface area (Å²) < 4.78 is 167. The Balaban J connectivity index is 1.80. The molecule has 0 aliphatic carbocycles. The van der Waals surface area contributed by atoms with Crippen molar-refractivity contribution in [3.63, 3.8) is 0 Å². The molecule has 238 valence electrons. The fourth-order valence-electron chi connectivity index (χ4n) is 5.45. The molecule has 1 N–H and O–H groups in total. The number of nitrogens with one attached hydrogen (secondary N) is 1. The van der Waals surface area contributed by atoms with E-state index in [0.717, 1.165) is 24.3 Å². The summed E-state index contributed by atoms with van der Waals surface area (Å²) in [5.74, 6) is -15.5. The van der Waals surface area contributed by atoms with Gasteiger partial charge in [0.15, 0.2) is 0 Å². The third-order valence-electron chi connectivity index (χ3n) is 7.39. The first-order valence-corrected chi connectivity index (χ1v) is 17.0. The van der Waals surface area contributed by atoms with Gasteiger partial charge in [-0.05, 0) is 0 Å². The maximum absolute atomic E-state index is 15.3. The average Bonchev–Trinajstić information content (AvgIpc) is 3.45. The van der Waals surface area contributed by atoms with Crippen LogP contribution in [0.1, 0.15) is 22.3 Å². The molecule has 1 spiro atoms. The van der Waals surface area contributed by atoms with Crippen molar-refractivity contribution in [2.24, 2.45) is 0 Å². The summed E-state index contributed by atoms with van der Waals surface area (Å²) in [6, 6.07) is 9.49. The monoisotopic (exact) mass is 690 g/mol. The van der Waals surface area contributed by atoms with Gasteiger partial charge in [0, 0.05) is 0 Å². The number of fused-ring (bicyclic) bond motifs is 2. The standard InChI is InChI=1S/C24H20ClF11N2O3P2/c25-10-9-15-11-37-43(40-18(19(41-43)22(29,30)31)21(27,28)23(32,33)24(34,35)36)38(12-13-5-7-14(26)8-6-13)20(39)16-3-1-2-4-17(16)42(15)43/h1-8,15,18-19,37H,9-12H2. The van der Waals surface area contributed by atoms with Crippen LogP contribution in [-0.2, 0) is 15.6 Å². The van der Waals surface area contributed by atoms with Gasteiger partial charge in [-0.15, -0.1) is 0 Å². The van der Waals surface area contributed by atoms with Crippen LogP contribution < -0.4 is 10.4 Å². The molecule has 43 heavy (non-hydrogen) atoms. The van der Waals surface area contributed by atoms with Gasteiger partial charge >= 0.3 is 242 Å². The summed E-state index contributed by atoms with van der Waals surface area (Å²) >= 11 is 5.93. The predicted molar refractivity (Wildman–Crippen MR) is 135 cm³/mol. The Kier molecular flexibility index (Phi) is 7.84. The minimum absolute atomic E-state index is 0.00571. The molecule has 19 heteroatoms. The van der Waals surface area contributed by atoms with E-state index >= 15 is 8.78 Å². The van der Waals surface area contributed by atoms with E-state index < -0.39 is 75.0 Å². The van der Waals surface area contributed by atoms with Crippen LogP contribution in [0.25, 0.3) is 0 Å². The van der Waals surface area contributed by atoms with Crippen molar-refractivity contribution in [2.45, 2.75) is 55.0 Å². The molecular weight excluding hydrogens is 671 g/mol. The number of hydrogen-bond donors (Lipinski definition) is 1. The molecular formula is C24H20ClF11N2O3P2. The molecule has 0 saturated carbocycles. The second-order valence-corrected chi connectivity index (χ2v) is 18.7. The minimum atomic E-state index is -7.00.